The number of carbonyl (C=O) groups excluding carboxylic acids is 1. The van der Waals surface area contributed by atoms with Crippen LogP contribution >= 0.6 is 22.9 Å². The third-order valence-corrected chi connectivity index (χ3v) is 7.78. The molecular formula is C29H24ClN3O8S. The lowest BCUT2D eigenvalue weighted by Crippen LogP contribution is -2.39. The van der Waals surface area contributed by atoms with Gasteiger partial charge in [0.15, 0.2) is 16.3 Å². The number of furan rings is 1. The molecule has 11 nitrogen and oxygen atoms in total. The number of methoxy groups -OCH3 is 2. The van der Waals surface area contributed by atoms with Gasteiger partial charge in [0.05, 0.1) is 53.2 Å². The molecule has 1 aliphatic heterocycles. The lowest BCUT2D eigenvalue weighted by molar-refractivity contribution is -0.384. The highest BCUT2D eigenvalue weighted by atomic mass is 35.5. The summed E-state index contributed by atoms with van der Waals surface area (Å²) >= 11 is 7.06. The van der Waals surface area contributed by atoms with E-state index >= 15 is 0 Å². The first kappa shape index (κ1) is 28.8. The van der Waals surface area contributed by atoms with Gasteiger partial charge in [-0.2, -0.15) is 0 Å². The fourth-order valence-electron chi connectivity index (χ4n) is 4.70. The van der Waals surface area contributed by atoms with Crippen molar-refractivity contribution in [2.45, 2.75) is 19.9 Å². The Morgan fingerprint density at radius 1 is 1.17 bits per heavy atom. The normalized spacial score (nSPS) is 14.8. The van der Waals surface area contributed by atoms with E-state index in [0.29, 0.717) is 33.3 Å². The summed E-state index contributed by atoms with van der Waals surface area (Å²) < 4.78 is 23.8. The number of hydrogen-bond donors (Lipinski definition) is 0. The van der Waals surface area contributed by atoms with Gasteiger partial charge in [-0.3, -0.25) is 19.5 Å². The van der Waals surface area contributed by atoms with E-state index in [-0.39, 0.29) is 38.7 Å². The minimum Gasteiger partial charge on any atom is -0.493 e. The average molecular weight is 610 g/mol. The Morgan fingerprint density at radius 2 is 1.93 bits per heavy atom. The van der Waals surface area contributed by atoms with Crippen molar-refractivity contribution >= 4 is 40.7 Å². The van der Waals surface area contributed by atoms with Crippen molar-refractivity contribution in [2.75, 3.05) is 20.8 Å². The van der Waals surface area contributed by atoms with Crippen LogP contribution < -0.4 is 24.4 Å². The number of nitro benzene ring substituents is 1. The number of ether oxygens (including phenoxy) is 3. The van der Waals surface area contributed by atoms with E-state index in [1.165, 1.54) is 43.1 Å². The van der Waals surface area contributed by atoms with Gasteiger partial charge in [0.25, 0.3) is 11.2 Å². The summed E-state index contributed by atoms with van der Waals surface area (Å²) in [6.07, 6.45) is 1.53. The third kappa shape index (κ3) is 5.21. The Kier molecular flexibility index (Phi) is 8.01. The number of fused-ring (bicyclic) bond motifs is 1. The quantitative estimate of drug-likeness (QED) is 0.160. The van der Waals surface area contributed by atoms with Crippen molar-refractivity contribution in [3.63, 3.8) is 0 Å². The van der Waals surface area contributed by atoms with Crippen LogP contribution in [0.5, 0.6) is 11.5 Å². The average Bonchev–Trinajstić information content (AvgIpc) is 3.55. The summed E-state index contributed by atoms with van der Waals surface area (Å²) in [6, 6.07) is 11.8. The molecule has 2 aromatic carbocycles. The number of nitro groups is 1. The first-order valence-corrected chi connectivity index (χ1v) is 13.8. The van der Waals surface area contributed by atoms with Crippen LogP contribution in [-0.2, 0) is 9.53 Å². The molecule has 0 spiro atoms. The van der Waals surface area contributed by atoms with E-state index in [4.69, 9.17) is 30.2 Å². The summed E-state index contributed by atoms with van der Waals surface area (Å²) in [5.74, 6) is 0.855. The second-order valence-electron chi connectivity index (χ2n) is 9.04. The maximum Gasteiger partial charge on any atom is 0.338 e. The van der Waals surface area contributed by atoms with Crippen LogP contribution in [0.1, 0.15) is 31.2 Å². The molecule has 0 amide bonds. The van der Waals surface area contributed by atoms with Crippen molar-refractivity contribution in [3.8, 4) is 22.8 Å². The van der Waals surface area contributed by atoms with Crippen molar-refractivity contribution in [2.24, 2.45) is 4.99 Å². The first-order chi connectivity index (χ1) is 20.2. The zero-order valence-corrected chi connectivity index (χ0v) is 24.4. The van der Waals surface area contributed by atoms with Crippen molar-refractivity contribution in [3.05, 3.63) is 106 Å². The SMILES string of the molecule is CCOC(=O)C1=C(C)N=c2s/c(=C\c3ccc(-c4ccc(Cl)cc4[N+](=O)[O-])o3)c(=O)n2C1c1ccc(OC)c(OC)c1. The maximum atomic E-state index is 13.9. The van der Waals surface area contributed by atoms with Gasteiger partial charge in [-0.25, -0.2) is 9.79 Å². The van der Waals surface area contributed by atoms with Crippen LogP contribution in [0.15, 0.2) is 74.0 Å². The number of nitrogens with zero attached hydrogens (tertiary/aromatic N) is 3. The second kappa shape index (κ2) is 11.7. The number of aromatic nitrogens is 1. The number of carbonyl (C=O) groups is 1. The predicted octanol–water partition coefficient (Wildman–Crippen LogP) is 4.64. The Bertz CT molecular complexity index is 1940. The molecule has 3 heterocycles. The zero-order chi connectivity index (χ0) is 30.1. The van der Waals surface area contributed by atoms with Crippen molar-refractivity contribution in [1.82, 2.24) is 4.57 Å². The Labute approximate surface area is 247 Å². The Hall–Kier alpha value is -4.68. The zero-order valence-electron chi connectivity index (χ0n) is 22.9. The molecule has 13 heteroatoms. The van der Waals surface area contributed by atoms with Crippen molar-refractivity contribution < 1.29 is 28.3 Å². The van der Waals surface area contributed by atoms with Crippen LogP contribution in [0.2, 0.25) is 5.02 Å². The Morgan fingerprint density at radius 3 is 2.62 bits per heavy atom. The monoisotopic (exact) mass is 609 g/mol. The lowest BCUT2D eigenvalue weighted by Gasteiger charge is -2.25. The predicted molar refractivity (Wildman–Crippen MR) is 156 cm³/mol. The molecule has 0 bridgehead atoms. The first-order valence-electron chi connectivity index (χ1n) is 12.6. The minimum atomic E-state index is -0.855. The molecule has 0 aliphatic carbocycles. The molecule has 0 saturated carbocycles. The largest absolute Gasteiger partial charge is 0.493 e. The molecule has 1 unspecified atom stereocenters. The van der Waals surface area contributed by atoms with Gasteiger partial charge >= 0.3 is 5.97 Å². The van der Waals surface area contributed by atoms with E-state index in [1.807, 2.05) is 0 Å². The van der Waals surface area contributed by atoms with Gasteiger partial charge < -0.3 is 18.6 Å². The van der Waals surface area contributed by atoms with E-state index in [2.05, 4.69) is 4.99 Å². The molecule has 4 aromatic rings. The smallest absolute Gasteiger partial charge is 0.338 e. The minimum absolute atomic E-state index is 0.144. The summed E-state index contributed by atoms with van der Waals surface area (Å²) in [5.41, 5.74) is 0.847. The molecule has 0 N–H and O–H groups in total. The van der Waals surface area contributed by atoms with E-state index < -0.39 is 22.5 Å². The van der Waals surface area contributed by atoms with Crippen LogP contribution in [0, 0.1) is 10.1 Å². The topological polar surface area (TPSA) is 135 Å². The summed E-state index contributed by atoms with van der Waals surface area (Å²) in [6.45, 7) is 3.53. The standard InChI is InChI=1S/C29H24ClN3O8S/c1-5-40-28(35)25-15(2)31-29-32(26(25)16-6-10-22(38-3)23(12-16)39-4)27(34)24(42-29)14-18-8-11-21(41-18)19-9-7-17(30)13-20(19)33(36)37/h6-14,26H,5H2,1-4H3/b24-14-. The number of rotatable bonds is 8. The molecule has 0 radical (unpaired) electrons. The number of esters is 1. The Balaban J connectivity index is 1.65. The van der Waals surface area contributed by atoms with E-state index in [0.717, 1.165) is 11.3 Å². The van der Waals surface area contributed by atoms with Gasteiger partial charge in [-0.05, 0) is 55.8 Å². The molecule has 2 aromatic heterocycles. The second-order valence-corrected chi connectivity index (χ2v) is 10.5. The highest BCUT2D eigenvalue weighted by Gasteiger charge is 2.34. The molecule has 5 rings (SSSR count). The molecule has 42 heavy (non-hydrogen) atoms. The lowest BCUT2D eigenvalue weighted by atomic mass is 9.95. The third-order valence-electron chi connectivity index (χ3n) is 6.56. The summed E-state index contributed by atoms with van der Waals surface area (Å²) in [7, 11) is 3.01. The van der Waals surface area contributed by atoms with Crippen LogP contribution in [0.25, 0.3) is 17.4 Å². The molecule has 0 fully saturated rings. The van der Waals surface area contributed by atoms with Crippen molar-refractivity contribution in [1.29, 1.82) is 0 Å². The number of allylic oxidation sites excluding steroid dienone is 1. The van der Waals surface area contributed by atoms with Crippen LogP contribution in [-0.4, -0.2) is 36.3 Å². The van der Waals surface area contributed by atoms with Gasteiger partial charge in [0, 0.05) is 17.2 Å². The highest BCUT2D eigenvalue weighted by Crippen LogP contribution is 2.36. The molecule has 0 saturated heterocycles. The molecule has 216 valence electrons. The number of halogens is 1. The number of benzene rings is 2. The van der Waals surface area contributed by atoms with Crippen LogP contribution in [0.4, 0.5) is 5.69 Å². The summed E-state index contributed by atoms with van der Waals surface area (Å²) in [4.78, 5) is 43.0. The number of hydrogen-bond acceptors (Lipinski definition) is 10. The van der Waals surface area contributed by atoms with Gasteiger partial charge in [-0.15, -0.1) is 0 Å². The van der Waals surface area contributed by atoms with E-state index in [9.17, 15) is 19.7 Å². The summed E-state index contributed by atoms with van der Waals surface area (Å²) in [5, 5.41) is 11.8. The van der Waals surface area contributed by atoms with Crippen LogP contribution in [0.3, 0.4) is 0 Å². The molecular weight excluding hydrogens is 586 g/mol. The fraction of sp³-hybridized carbons (Fsp3) is 0.207. The fourth-order valence-corrected chi connectivity index (χ4v) is 5.89. The van der Waals surface area contributed by atoms with Gasteiger partial charge in [0.2, 0.25) is 0 Å². The number of thiazole rings is 1. The maximum absolute atomic E-state index is 13.9. The highest BCUT2D eigenvalue weighted by molar-refractivity contribution is 7.07. The molecule has 1 atom stereocenters. The molecule has 1 aliphatic rings. The van der Waals surface area contributed by atoms with Gasteiger partial charge in [0.1, 0.15) is 11.5 Å². The van der Waals surface area contributed by atoms with E-state index in [1.54, 1.807) is 44.2 Å². The van der Waals surface area contributed by atoms with Gasteiger partial charge in [-0.1, -0.05) is 29.0 Å².